The van der Waals surface area contributed by atoms with E-state index < -0.39 is 0 Å². The molecule has 1 aromatic rings. The van der Waals surface area contributed by atoms with E-state index in [1.165, 1.54) is 11.8 Å². The first kappa shape index (κ1) is 10.3. The van der Waals surface area contributed by atoms with Gasteiger partial charge in [0.2, 0.25) is 5.91 Å². The molecule has 1 unspecified atom stereocenters. The summed E-state index contributed by atoms with van der Waals surface area (Å²) in [5, 5.41) is 11.6. The van der Waals surface area contributed by atoms with E-state index in [1.807, 2.05) is 6.07 Å². The van der Waals surface area contributed by atoms with Gasteiger partial charge in [0.05, 0.1) is 18.2 Å². The highest BCUT2D eigenvalue weighted by atomic mass is 35.5. The number of anilines is 1. The Morgan fingerprint density at radius 2 is 2.40 bits per heavy atom. The minimum Gasteiger partial charge on any atom is -0.324 e. The Bertz CT molecular complexity index is 455. The monoisotopic (exact) mass is 238 g/mol. The molecule has 2 rings (SSSR count). The average Bonchev–Trinajstić information content (AvgIpc) is 2.20. The van der Waals surface area contributed by atoms with Gasteiger partial charge in [0.15, 0.2) is 0 Å². The Hall–Kier alpha value is -1.18. The van der Waals surface area contributed by atoms with Gasteiger partial charge < -0.3 is 5.32 Å². The summed E-state index contributed by atoms with van der Waals surface area (Å²) < 4.78 is 0. The third kappa shape index (κ3) is 2.09. The molecule has 0 bridgehead atoms. The lowest BCUT2D eigenvalue weighted by molar-refractivity contribution is -0.115. The highest BCUT2D eigenvalue weighted by Gasteiger charge is 2.26. The first-order valence-electron chi connectivity index (χ1n) is 4.35. The molecule has 3 nitrogen and oxygen atoms in total. The normalized spacial score (nSPS) is 18.9. The van der Waals surface area contributed by atoms with Crippen molar-refractivity contribution in [2.45, 2.75) is 16.6 Å². The Labute approximate surface area is 96.4 Å². The van der Waals surface area contributed by atoms with E-state index in [0.717, 1.165) is 10.6 Å². The second kappa shape index (κ2) is 4.13. The predicted octanol–water partition coefficient (Wildman–Crippen LogP) is 2.67. The van der Waals surface area contributed by atoms with Gasteiger partial charge in [0.1, 0.15) is 5.25 Å². The maximum Gasteiger partial charge on any atom is 0.238 e. The summed E-state index contributed by atoms with van der Waals surface area (Å²) >= 11 is 7.23. The number of thioether (sulfide) groups is 1. The van der Waals surface area contributed by atoms with E-state index in [1.54, 1.807) is 18.2 Å². The van der Waals surface area contributed by atoms with E-state index >= 15 is 0 Å². The van der Waals surface area contributed by atoms with Crippen LogP contribution in [0.4, 0.5) is 5.69 Å². The van der Waals surface area contributed by atoms with Gasteiger partial charge in [-0.15, -0.1) is 11.8 Å². The number of hydrogen-bond acceptors (Lipinski definition) is 3. The highest BCUT2D eigenvalue weighted by Crippen LogP contribution is 2.38. The van der Waals surface area contributed by atoms with Crippen molar-refractivity contribution in [3.05, 3.63) is 23.2 Å². The van der Waals surface area contributed by atoms with E-state index in [4.69, 9.17) is 16.9 Å². The van der Waals surface area contributed by atoms with Gasteiger partial charge in [-0.2, -0.15) is 5.26 Å². The zero-order chi connectivity index (χ0) is 10.8. The molecule has 0 radical (unpaired) electrons. The van der Waals surface area contributed by atoms with Crippen LogP contribution in [0.25, 0.3) is 0 Å². The van der Waals surface area contributed by atoms with Crippen LogP contribution in [0.15, 0.2) is 23.1 Å². The number of carbonyl (C=O) groups excluding carboxylic acids is 1. The molecular formula is C10H7ClN2OS. The number of amides is 1. The van der Waals surface area contributed by atoms with Crippen LogP contribution in [0, 0.1) is 11.3 Å². The molecule has 1 amide bonds. The molecule has 0 saturated carbocycles. The van der Waals surface area contributed by atoms with Gasteiger partial charge in [-0.3, -0.25) is 4.79 Å². The fourth-order valence-electron chi connectivity index (χ4n) is 1.33. The van der Waals surface area contributed by atoms with Crippen LogP contribution in [-0.4, -0.2) is 11.2 Å². The molecule has 0 aromatic heterocycles. The van der Waals surface area contributed by atoms with E-state index in [0.29, 0.717) is 5.02 Å². The number of hydrogen-bond donors (Lipinski definition) is 1. The van der Waals surface area contributed by atoms with Crippen molar-refractivity contribution in [3.63, 3.8) is 0 Å². The minimum absolute atomic E-state index is 0.114. The SMILES string of the molecule is N#CCC1Sc2cc(Cl)ccc2NC1=O. The Morgan fingerprint density at radius 3 is 3.13 bits per heavy atom. The summed E-state index contributed by atoms with van der Waals surface area (Å²) in [5.74, 6) is -0.114. The number of nitrogens with one attached hydrogen (secondary N) is 1. The summed E-state index contributed by atoms with van der Waals surface area (Å²) in [6.45, 7) is 0. The number of nitrogens with zero attached hydrogens (tertiary/aromatic N) is 1. The maximum absolute atomic E-state index is 11.5. The average molecular weight is 239 g/mol. The molecule has 1 aliphatic heterocycles. The van der Waals surface area contributed by atoms with Crippen molar-refractivity contribution in [3.8, 4) is 6.07 Å². The van der Waals surface area contributed by atoms with Crippen molar-refractivity contribution < 1.29 is 4.79 Å². The summed E-state index contributed by atoms with van der Waals surface area (Å²) in [5.41, 5.74) is 0.767. The summed E-state index contributed by atoms with van der Waals surface area (Å²) in [4.78, 5) is 12.4. The lowest BCUT2D eigenvalue weighted by Crippen LogP contribution is -2.28. The molecule has 1 aromatic carbocycles. The van der Waals surface area contributed by atoms with Crippen LogP contribution in [0.2, 0.25) is 5.02 Å². The minimum atomic E-state index is -0.332. The molecule has 15 heavy (non-hydrogen) atoms. The molecule has 0 saturated heterocycles. The summed E-state index contributed by atoms with van der Waals surface area (Å²) in [6.07, 6.45) is 0.211. The standard InChI is InChI=1S/C10H7ClN2OS/c11-6-1-2-7-9(5-6)15-8(3-4-12)10(14)13-7/h1-2,5,8H,3H2,(H,13,14). The van der Waals surface area contributed by atoms with Crippen LogP contribution >= 0.6 is 23.4 Å². The largest absolute Gasteiger partial charge is 0.324 e. The third-order valence-electron chi connectivity index (χ3n) is 2.04. The quantitative estimate of drug-likeness (QED) is 0.818. The second-order valence-corrected chi connectivity index (χ2v) is 4.78. The molecule has 0 spiro atoms. The topological polar surface area (TPSA) is 52.9 Å². The predicted molar refractivity (Wildman–Crippen MR) is 60.0 cm³/mol. The lowest BCUT2D eigenvalue weighted by Gasteiger charge is -2.22. The van der Waals surface area contributed by atoms with E-state index in [9.17, 15) is 4.79 Å². The van der Waals surface area contributed by atoms with Crippen molar-refractivity contribution in [1.29, 1.82) is 5.26 Å². The zero-order valence-electron chi connectivity index (χ0n) is 7.66. The Morgan fingerprint density at radius 1 is 1.60 bits per heavy atom. The molecule has 1 aliphatic rings. The van der Waals surface area contributed by atoms with Gasteiger partial charge in [0.25, 0.3) is 0 Å². The maximum atomic E-state index is 11.5. The first-order chi connectivity index (χ1) is 7.20. The molecule has 0 aliphatic carbocycles. The van der Waals surface area contributed by atoms with Gasteiger partial charge in [-0.25, -0.2) is 0 Å². The fraction of sp³-hybridized carbons (Fsp3) is 0.200. The molecular weight excluding hydrogens is 232 g/mol. The van der Waals surface area contributed by atoms with Gasteiger partial charge in [0, 0.05) is 9.92 Å². The molecule has 1 heterocycles. The highest BCUT2D eigenvalue weighted by molar-refractivity contribution is 8.01. The van der Waals surface area contributed by atoms with Crippen LogP contribution in [0.1, 0.15) is 6.42 Å². The molecule has 0 fully saturated rings. The number of fused-ring (bicyclic) bond motifs is 1. The van der Waals surface area contributed by atoms with Crippen molar-refractivity contribution >= 4 is 35.0 Å². The smallest absolute Gasteiger partial charge is 0.238 e. The summed E-state index contributed by atoms with van der Waals surface area (Å²) in [6, 6.07) is 7.29. The van der Waals surface area contributed by atoms with Crippen LogP contribution < -0.4 is 5.32 Å². The third-order valence-corrected chi connectivity index (χ3v) is 3.53. The number of carbonyl (C=O) groups is 1. The van der Waals surface area contributed by atoms with Gasteiger partial charge >= 0.3 is 0 Å². The number of halogens is 1. The number of benzene rings is 1. The number of nitriles is 1. The Kier molecular flexibility index (Phi) is 2.85. The van der Waals surface area contributed by atoms with Crippen LogP contribution in [-0.2, 0) is 4.79 Å². The van der Waals surface area contributed by atoms with E-state index in [2.05, 4.69) is 5.32 Å². The van der Waals surface area contributed by atoms with E-state index in [-0.39, 0.29) is 17.6 Å². The van der Waals surface area contributed by atoms with Crippen LogP contribution in [0.3, 0.4) is 0 Å². The zero-order valence-corrected chi connectivity index (χ0v) is 9.23. The van der Waals surface area contributed by atoms with Gasteiger partial charge in [-0.1, -0.05) is 11.6 Å². The summed E-state index contributed by atoms with van der Waals surface area (Å²) in [7, 11) is 0. The van der Waals surface area contributed by atoms with Gasteiger partial charge in [-0.05, 0) is 18.2 Å². The molecule has 76 valence electrons. The molecule has 1 N–H and O–H groups in total. The van der Waals surface area contributed by atoms with Crippen molar-refractivity contribution in [1.82, 2.24) is 0 Å². The fourth-order valence-corrected chi connectivity index (χ4v) is 2.64. The molecule has 5 heteroatoms. The molecule has 1 atom stereocenters. The number of rotatable bonds is 1. The lowest BCUT2D eigenvalue weighted by atomic mass is 10.2. The second-order valence-electron chi connectivity index (χ2n) is 3.10. The van der Waals surface area contributed by atoms with Crippen molar-refractivity contribution in [2.75, 3.05) is 5.32 Å². The Balaban J connectivity index is 2.31. The van der Waals surface area contributed by atoms with Crippen molar-refractivity contribution in [2.24, 2.45) is 0 Å². The van der Waals surface area contributed by atoms with Crippen LogP contribution in [0.5, 0.6) is 0 Å². The first-order valence-corrected chi connectivity index (χ1v) is 5.60.